The summed E-state index contributed by atoms with van der Waals surface area (Å²) in [7, 11) is 0. The summed E-state index contributed by atoms with van der Waals surface area (Å²) in [5.74, 6) is 1.14. The van der Waals surface area contributed by atoms with Crippen LogP contribution in [-0.2, 0) is 0 Å². The number of ether oxygens (including phenoxy) is 1. The van der Waals surface area contributed by atoms with Gasteiger partial charge in [-0.05, 0) is 41.8 Å². The second kappa shape index (κ2) is 5.61. The number of halogens is 2. The molecule has 0 aliphatic rings. The molecule has 4 heteroatoms. The number of nitrogens with two attached hydrogens (primary N) is 1. The molecule has 0 atom stereocenters. The van der Waals surface area contributed by atoms with Gasteiger partial charge in [-0.25, -0.2) is 4.39 Å². The fourth-order valence-electron chi connectivity index (χ4n) is 1.79. The molecule has 0 aliphatic heterocycles. The molecule has 0 saturated carbocycles. The maximum Gasteiger partial charge on any atom is 0.150 e. The van der Waals surface area contributed by atoms with Crippen molar-refractivity contribution < 1.29 is 9.13 Å². The summed E-state index contributed by atoms with van der Waals surface area (Å²) in [6.45, 7) is 4.17. The monoisotopic (exact) mass is 323 g/mol. The zero-order chi connectivity index (χ0) is 14.0. The second-order valence-electron chi connectivity index (χ2n) is 4.62. The van der Waals surface area contributed by atoms with Crippen molar-refractivity contribution in [1.82, 2.24) is 0 Å². The van der Waals surface area contributed by atoms with Crippen molar-refractivity contribution in [2.24, 2.45) is 0 Å². The highest BCUT2D eigenvalue weighted by Crippen LogP contribution is 2.35. The van der Waals surface area contributed by atoms with Crippen LogP contribution < -0.4 is 10.5 Å². The topological polar surface area (TPSA) is 35.2 Å². The average Bonchev–Trinajstić information content (AvgIpc) is 2.34. The number of hydrogen-bond donors (Lipinski definition) is 1. The van der Waals surface area contributed by atoms with Gasteiger partial charge in [-0.3, -0.25) is 0 Å². The number of benzene rings is 2. The van der Waals surface area contributed by atoms with Crippen LogP contribution in [0.15, 0.2) is 40.9 Å². The normalized spacial score (nSPS) is 10.8. The Morgan fingerprint density at radius 1 is 1.11 bits per heavy atom. The van der Waals surface area contributed by atoms with Crippen LogP contribution in [0.25, 0.3) is 0 Å². The zero-order valence-electron chi connectivity index (χ0n) is 10.8. The van der Waals surface area contributed by atoms with E-state index >= 15 is 0 Å². The third-order valence-corrected chi connectivity index (χ3v) is 3.28. The van der Waals surface area contributed by atoms with E-state index in [-0.39, 0.29) is 11.5 Å². The van der Waals surface area contributed by atoms with Gasteiger partial charge in [0, 0.05) is 10.5 Å². The lowest BCUT2D eigenvalue weighted by Crippen LogP contribution is -1.97. The first-order chi connectivity index (χ1) is 8.97. The van der Waals surface area contributed by atoms with Crippen molar-refractivity contribution in [1.29, 1.82) is 0 Å². The Morgan fingerprint density at radius 3 is 2.42 bits per heavy atom. The van der Waals surface area contributed by atoms with Crippen LogP contribution in [0.3, 0.4) is 0 Å². The lowest BCUT2D eigenvalue weighted by Gasteiger charge is -2.15. The van der Waals surface area contributed by atoms with Crippen molar-refractivity contribution in [3.63, 3.8) is 0 Å². The van der Waals surface area contributed by atoms with Gasteiger partial charge in [-0.2, -0.15) is 0 Å². The molecule has 0 aliphatic carbocycles. The number of anilines is 1. The molecular weight excluding hydrogens is 309 g/mol. The van der Waals surface area contributed by atoms with E-state index in [0.29, 0.717) is 11.7 Å². The van der Waals surface area contributed by atoms with E-state index in [0.717, 1.165) is 15.8 Å². The summed E-state index contributed by atoms with van der Waals surface area (Å²) < 4.78 is 19.8. The van der Waals surface area contributed by atoms with Gasteiger partial charge >= 0.3 is 0 Å². The maximum atomic E-state index is 13.0. The molecule has 0 bridgehead atoms. The van der Waals surface area contributed by atoms with Crippen LogP contribution in [0.4, 0.5) is 10.1 Å². The average molecular weight is 324 g/mol. The first-order valence-electron chi connectivity index (χ1n) is 5.99. The smallest absolute Gasteiger partial charge is 0.150 e. The summed E-state index contributed by atoms with van der Waals surface area (Å²) in [6.07, 6.45) is 0. The molecule has 2 N–H and O–H groups in total. The minimum Gasteiger partial charge on any atom is -0.455 e. The Labute approximate surface area is 120 Å². The van der Waals surface area contributed by atoms with Gasteiger partial charge in [0.1, 0.15) is 11.6 Å². The lowest BCUT2D eigenvalue weighted by atomic mass is 10.0. The summed E-state index contributed by atoms with van der Waals surface area (Å²) in [5.41, 5.74) is 7.11. The third kappa shape index (κ3) is 3.26. The summed E-state index contributed by atoms with van der Waals surface area (Å²) in [6, 6.07) is 9.92. The zero-order valence-corrected chi connectivity index (χ0v) is 12.4. The minimum absolute atomic E-state index is 0.289. The first-order valence-corrected chi connectivity index (χ1v) is 6.79. The quantitative estimate of drug-likeness (QED) is 0.799. The van der Waals surface area contributed by atoms with Crippen molar-refractivity contribution in [2.45, 2.75) is 19.8 Å². The Kier molecular flexibility index (Phi) is 4.10. The lowest BCUT2D eigenvalue weighted by molar-refractivity contribution is 0.473. The summed E-state index contributed by atoms with van der Waals surface area (Å²) >= 11 is 3.44. The summed E-state index contributed by atoms with van der Waals surface area (Å²) in [5, 5.41) is 0. The number of hydrogen-bond acceptors (Lipinski definition) is 2. The molecule has 2 aromatic rings. The molecule has 0 radical (unpaired) electrons. The fourth-order valence-corrected chi connectivity index (χ4v) is 2.17. The van der Waals surface area contributed by atoms with E-state index < -0.39 is 0 Å². The minimum atomic E-state index is -0.371. The van der Waals surface area contributed by atoms with E-state index in [1.807, 2.05) is 18.2 Å². The van der Waals surface area contributed by atoms with Crippen molar-refractivity contribution in [2.75, 3.05) is 5.73 Å². The van der Waals surface area contributed by atoms with Crippen LogP contribution >= 0.6 is 15.9 Å². The molecule has 0 amide bonds. The van der Waals surface area contributed by atoms with Crippen LogP contribution in [0, 0.1) is 5.82 Å². The van der Waals surface area contributed by atoms with Gasteiger partial charge in [0.15, 0.2) is 5.75 Å². The number of nitrogen functional groups attached to an aromatic ring is 1. The van der Waals surface area contributed by atoms with Gasteiger partial charge in [0.2, 0.25) is 0 Å². The van der Waals surface area contributed by atoms with Crippen LogP contribution in [0.2, 0.25) is 0 Å². The van der Waals surface area contributed by atoms with Gasteiger partial charge in [-0.1, -0.05) is 29.8 Å². The molecule has 0 saturated heterocycles. The SMILES string of the molecule is CC(C)c1cc(Br)ccc1Oc1ccc(F)cc1N. The van der Waals surface area contributed by atoms with Gasteiger partial charge in [-0.15, -0.1) is 0 Å². The third-order valence-electron chi connectivity index (χ3n) is 2.79. The molecule has 0 heterocycles. The molecule has 100 valence electrons. The molecule has 0 unspecified atom stereocenters. The van der Waals surface area contributed by atoms with E-state index in [4.69, 9.17) is 10.5 Å². The van der Waals surface area contributed by atoms with E-state index in [1.54, 1.807) is 0 Å². The van der Waals surface area contributed by atoms with Gasteiger partial charge < -0.3 is 10.5 Å². The van der Waals surface area contributed by atoms with Crippen molar-refractivity contribution in [3.8, 4) is 11.5 Å². The molecule has 0 aromatic heterocycles. The second-order valence-corrected chi connectivity index (χ2v) is 5.54. The van der Waals surface area contributed by atoms with Crippen LogP contribution in [-0.4, -0.2) is 0 Å². The summed E-state index contributed by atoms with van der Waals surface area (Å²) in [4.78, 5) is 0. The molecule has 2 rings (SSSR count). The molecule has 0 fully saturated rings. The predicted octanol–water partition coefficient (Wildman–Crippen LogP) is 5.09. The van der Waals surface area contributed by atoms with Gasteiger partial charge in [0.25, 0.3) is 0 Å². The van der Waals surface area contributed by atoms with Crippen molar-refractivity contribution in [3.05, 3.63) is 52.3 Å². The predicted molar refractivity (Wildman–Crippen MR) is 79.1 cm³/mol. The Hall–Kier alpha value is -1.55. The van der Waals surface area contributed by atoms with E-state index in [2.05, 4.69) is 29.8 Å². The van der Waals surface area contributed by atoms with E-state index in [1.165, 1.54) is 18.2 Å². The van der Waals surface area contributed by atoms with Gasteiger partial charge in [0.05, 0.1) is 5.69 Å². The van der Waals surface area contributed by atoms with Crippen molar-refractivity contribution >= 4 is 21.6 Å². The highest BCUT2D eigenvalue weighted by Gasteiger charge is 2.11. The molecular formula is C15H15BrFNO. The standard InChI is InChI=1S/C15H15BrFNO/c1-9(2)12-7-10(16)3-5-14(12)19-15-6-4-11(17)8-13(15)18/h3-9H,18H2,1-2H3. The molecule has 19 heavy (non-hydrogen) atoms. The molecule has 2 aromatic carbocycles. The largest absolute Gasteiger partial charge is 0.455 e. The van der Waals surface area contributed by atoms with E-state index in [9.17, 15) is 4.39 Å². The molecule has 0 spiro atoms. The number of rotatable bonds is 3. The van der Waals surface area contributed by atoms with Crippen LogP contribution in [0.5, 0.6) is 11.5 Å². The first kappa shape index (κ1) is 13.9. The highest BCUT2D eigenvalue weighted by molar-refractivity contribution is 9.10. The highest BCUT2D eigenvalue weighted by atomic mass is 79.9. The Morgan fingerprint density at radius 2 is 1.79 bits per heavy atom. The Bertz CT molecular complexity index is 599. The molecule has 2 nitrogen and oxygen atoms in total. The van der Waals surface area contributed by atoms with Crippen LogP contribution in [0.1, 0.15) is 25.3 Å². The fraction of sp³-hybridized carbons (Fsp3) is 0.200. The Balaban J connectivity index is 2.38. The maximum absolute atomic E-state index is 13.0.